The monoisotopic (exact) mass is 464 g/mol. The Labute approximate surface area is 148 Å². The van der Waals surface area contributed by atoms with Crippen LogP contribution in [0.4, 0.5) is 0 Å². The van der Waals surface area contributed by atoms with Crippen LogP contribution in [0.15, 0.2) is 17.4 Å². The van der Waals surface area contributed by atoms with Crippen LogP contribution in [0.5, 0.6) is 0 Å². The molecule has 0 aromatic carbocycles. The average Bonchev–Trinajstić information content (AvgIpc) is 2.59. The number of rotatable bonds is 4. The molecule has 1 aliphatic heterocycles. The maximum atomic E-state index is 12.2. The van der Waals surface area contributed by atoms with Crippen molar-refractivity contribution in [1.29, 1.82) is 0 Å². The summed E-state index contributed by atoms with van der Waals surface area (Å²) >= 11 is -5.21. The molecule has 0 saturated heterocycles. The molecule has 0 N–H and O–H groups in total. The molecule has 10 heteroatoms. The number of hydrogen-bond donors (Lipinski definition) is 0. The van der Waals surface area contributed by atoms with Crippen LogP contribution in [0.25, 0.3) is 0 Å². The Hall–Kier alpha value is -1.52. The molecular weight excluding hydrogens is 446 g/mol. The third-order valence-corrected chi connectivity index (χ3v) is 14.0. The van der Waals surface area contributed by atoms with Gasteiger partial charge in [-0.15, -0.1) is 0 Å². The Morgan fingerprint density at radius 2 is 0.708 bits per heavy atom. The first-order valence-corrected chi connectivity index (χ1v) is 14.1. The fourth-order valence-corrected chi connectivity index (χ4v) is 16.2. The van der Waals surface area contributed by atoms with Gasteiger partial charge in [0.25, 0.3) is 0 Å². The summed E-state index contributed by atoms with van der Waals surface area (Å²) in [5.41, 5.74) is 3.33. The van der Waals surface area contributed by atoms with Gasteiger partial charge in [-0.2, -0.15) is 0 Å². The Kier molecular flexibility index (Phi) is 7.30. The van der Waals surface area contributed by atoms with Crippen molar-refractivity contribution in [2.75, 3.05) is 28.4 Å². The van der Waals surface area contributed by atoms with Crippen LogP contribution < -0.4 is 0 Å². The average molecular weight is 464 g/mol. The first-order valence-electron chi connectivity index (χ1n) is 6.55. The van der Waals surface area contributed by atoms with Gasteiger partial charge in [0.05, 0.1) is 0 Å². The van der Waals surface area contributed by atoms with E-state index >= 15 is 0 Å². The molecular formula is C14H18As2O8. The molecule has 0 amide bonds. The van der Waals surface area contributed by atoms with E-state index in [2.05, 4.69) is 0 Å². The number of carbonyl (C=O) groups excluding carboxylic acids is 4. The van der Waals surface area contributed by atoms with Crippen LogP contribution in [0.2, 0.25) is 11.4 Å². The summed E-state index contributed by atoms with van der Waals surface area (Å²) in [7, 11) is 4.77. The fourth-order valence-electron chi connectivity index (χ4n) is 2.18. The summed E-state index contributed by atoms with van der Waals surface area (Å²) in [4.78, 5) is 48.9. The number of methoxy groups -OCH3 is 4. The molecule has 0 unspecified atom stereocenters. The molecule has 0 aliphatic carbocycles. The number of hydrogen-bond acceptors (Lipinski definition) is 8. The maximum absolute atomic E-state index is 12.2. The van der Waals surface area contributed by atoms with Crippen molar-refractivity contribution in [3.63, 3.8) is 0 Å². The molecule has 0 radical (unpaired) electrons. The minimum atomic E-state index is -2.61. The quantitative estimate of drug-likeness (QED) is 0.317. The first kappa shape index (κ1) is 20.5. The second kappa shape index (κ2) is 8.54. The van der Waals surface area contributed by atoms with Gasteiger partial charge in [0.1, 0.15) is 0 Å². The molecule has 1 heterocycles. The van der Waals surface area contributed by atoms with Gasteiger partial charge in [-0.05, 0) is 0 Å². The van der Waals surface area contributed by atoms with Crippen LogP contribution in [0.1, 0.15) is 0 Å². The molecule has 1 aliphatic rings. The summed E-state index contributed by atoms with van der Waals surface area (Å²) in [6, 6.07) is 0. The third kappa shape index (κ3) is 3.60. The fraction of sp³-hybridized carbons (Fsp3) is 0.429. The molecule has 8 nitrogen and oxygen atoms in total. The van der Waals surface area contributed by atoms with E-state index in [-0.39, 0.29) is 17.4 Å². The van der Waals surface area contributed by atoms with Gasteiger partial charge in [-0.3, -0.25) is 0 Å². The zero-order chi connectivity index (χ0) is 18.6. The second-order valence-electron chi connectivity index (χ2n) is 4.48. The van der Waals surface area contributed by atoms with Crippen molar-refractivity contribution >= 4 is 53.2 Å². The number of carbonyl (C=O) groups is 4. The van der Waals surface area contributed by atoms with Crippen molar-refractivity contribution in [3.8, 4) is 0 Å². The van der Waals surface area contributed by atoms with E-state index < -0.39 is 53.2 Å². The second-order valence-corrected chi connectivity index (χ2v) is 12.9. The van der Waals surface area contributed by atoms with E-state index in [1.165, 1.54) is 28.4 Å². The summed E-state index contributed by atoms with van der Waals surface area (Å²) < 4.78 is 19.8. The SMILES string of the molecule is COC(=O)C1=C(C(=O)OC)[As](C)C(C(=O)OC)=C(C(=O)OC)[As]1C. The molecule has 0 bridgehead atoms. The predicted molar refractivity (Wildman–Crippen MR) is 85.4 cm³/mol. The van der Waals surface area contributed by atoms with Crippen LogP contribution >= 0.6 is 0 Å². The van der Waals surface area contributed by atoms with Crippen molar-refractivity contribution < 1.29 is 38.1 Å². The van der Waals surface area contributed by atoms with Gasteiger partial charge in [-0.1, -0.05) is 0 Å². The summed E-state index contributed by atoms with van der Waals surface area (Å²) in [6.07, 6.45) is 0. The number of esters is 4. The van der Waals surface area contributed by atoms with Gasteiger partial charge >= 0.3 is 149 Å². The van der Waals surface area contributed by atoms with Gasteiger partial charge < -0.3 is 0 Å². The summed E-state index contributed by atoms with van der Waals surface area (Å²) in [6.45, 7) is 0. The predicted octanol–water partition coefficient (Wildman–Crippen LogP) is -0.309. The molecule has 0 fully saturated rings. The van der Waals surface area contributed by atoms with E-state index in [0.717, 1.165) is 0 Å². The third-order valence-electron chi connectivity index (χ3n) is 3.31. The molecule has 0 aromatic heterocycles. The first-order chi connectivity index (χ1) is 11.3. The molecule has 132 valence electrons. The minimum absolute atomic E-state index is 0.160. The van der Waals surface area contributed by atoms with Crippen LogP contribution in [-0.4, -0.2) is 81.6 Å². The zero-order valence-electron chi connectivity index (χ0n) is 14.2. The van der Waals surface area contributed by atoms with Crippen LogP contribution in [-0.2, 0) is 38.1 Å². The van der Waals surface area contributed by atoms with Gasteiger partial charge in [0.15, 0.2) is 0 Å². The van der Waals surface area contributed by atoms with E-state index in [9.17, 15) is 19.2 Å². The summed E-state index contributed by atoms with van der Waals surface area (Å²) in [5.74, 6) is -2.76. The van der Waals surface area contributed by atoms with Gasteiger partial charge in [0, 0.05) is 0 Å². The van der Waals surface area contributed by atoms with E-state index in [1.807, 2.05) is 0 Å². The normalized spacial score (nSPS) is 20.4. The Morgan fingerprint density at radius 1 is 0.542 bits per heavy atom. The topological polar surface area (TPSA) is 105 Å². The van der Waals surface area contributed by atoms with Crippen LogP contribution in [0, 0.1) is 0 Å². The van der Waals surface area contributed by atoms with Crippen molar-refractivity contribution in [3.05, 3.63) is 17.4 Å². The molecule has 0 aromatic rings. The van der Waals surface area contributed by atoms with Gasteiger partial charge in [-0.25, -0.2) is 0 Å². The van der Waals surface area contributed by atoms with Crippen LogP contribution in [0.3, 0.4) is 0 Å². The molecule has 1 rings (SSSR count). The van der Waals surface area contributed by atoms with Crippen molar-refractivity contribution in [1.82, 2.24) is 0 Å². The van der Waals surface area contributed by atoms with Crippen molar-refractivity contribution in [2.24, 2.45) is 0 Å². The zero-order valence-corrected chi connectivity index (χ0v) is 17.9. The summed E-state index contributed by atoms with van der Waals surface area (Å²) in [5, 5.41) is 0. The molecule has 0 saturated carbocycles. The van der Waals surface area contributed by atoms with Crippen molar-refractivity contribution in [2.45, 2.75) is 11.4 Å². The standard InChI is InChI=1S/C14H18As2O8/c1-15-7(11(17)21-3)9(13(19)23-5)16(2)10(14(20)24-6)8(15)12(18)22-4/h1-6H3. The Bertz CT molecular complexity index is 541. The Morgan fingerprint density at radius 3 is 0.833 bits per heavy atom. The van der Waals surface area contributed by atoms with E-state index in [4.69, 9.17) is 18.9 Å². The Balaban J connectivity index is 3.75. The molecule has 0 atom stereocenters. The van der Waals surface area contributed by atoms with Gasteiger partial charge in [0.2, 0.25) is 0 Å². The number of ether oxygens (including phenoxy) is 4. The molecule has 24 heavy (non-hydrogen) atoms. The van der Waals surface area contributed by atoms with E-state index in [0.29, 0.717) is 0 Å². The molecule has 0 spiro atoms. The van der Waals surface area contributed by atoms with E-state index in [1.54, 1.807) is 11.4 Å².